The summed E-state index contributed by atoms with van der Waals surface area (Å²) in [7, 11) is 5.84. The van der Waals surface area contributed by atoms with Gasteiger partial charge in [0.2, 0.25) is 11.9 Å². The lowest BCUT2D eigenvalue weighted by atomic mass is 9.99. The third-order valence-electron chi connectivity index (χ3n) is 7.65. The zero-order chi connectivity index (χ0) is 26.5. The van der Waals surface area contributed by atoms with Gasteiger partial charge in [-0.1, -0.05) is 18.2 Å². The quantitative estimate of drug-likeness (QED) is 0.419. The van der Waals surface area contributed by atoms with E-state index in [4.69, 9.17) is 14.7 Å². The van der Waals surface area contributed by atoms with Gasteiger partial charge in [-0.25, -0.2) is 4.98 Å². The number of rotatable bonds is 8. The maximum absolute atomic E-state index is 13.1. The summed E-state index contributed by atoms with van der Waals surface area (Å²) < 4.78 is 5.83. The molecule has 2 aliphatic rings. The number of fused-ring (bicyclic) bond motifs is 1. The second kappa shape index (κ2) is 12.0. The molecule has 2 aromatic carbocycles. The second-order valence-electron chi connectivity index (χ2n) is 10.4. The number of anilines is 3. The minimum Gasteiger partial charge on any atom is -0.496 e. The molecule has 3 heterocycles. The first kappa shape index (κ1) is 26.2. The van der Waals surface area contributed by atoms with Crippen molar-refractivity contribution >= 4 is 34.3 Å². The molecule has 38 heavy (non-hydrogen) atoms. The molecule has 1 amide bonds. The van der Waals surface area contributed by atoms with Crippen molar-refractivity contribution in [1.82, 2.24) is 20.6 Å². The van der Waals surface area contributed by atoms with Crippen molar-refractivity contribution in [3.05, 3.63) is 48.0 Å². The van der Waals surface area contributed by atoms with E-state index in [2.05, 4.69) is 52.0 Å². The zero-order valence-corrected chi connectivity index (χ0v) is 22.7. The van der Waals surface area contributed by atoms with Gasteiger partial charge in [0.05, 0.1) is 25.1 Å². The number of para-hydroxylation sites is 1. The molecule has 1 atom stereocenters. The van der Waals surface area contributed by atoms with Crippen LogP contribution in [0.25, 0.3) is 10.9 Å². The smallest absolute Gasteiger partial charge is 0.231 e. The van der Waals surface area contributed by atoms with E-state index in [0.29, 0.717) is 19.0 Å². The van der Waals surface area contributed by atoms with Crippen LogP contribution in [0.5, 0.6) is 5.75 Å². The van der Waals surface area contributed by atoms with E-state index in [1.165, 1.54) is 0 Å². The first-order valence-electron chi connectivity index (χ1n) is 13.6. The molecule has 0 spiro atoms. The lowest BCUT2D eigenvalue weighted by Crippen LogP contribution is -2.43. The number of hydrogen-bond donors (Lipinski definition) is 3. The number of ether oxygens (including phenoxy) is 1. The number of aromatic nitrogens is 2. The normalized spacial score (nSPS) is 18.2. The highest BCUT2D eigenvalue weighted by atomic mass is 16.5. The van der Waals surface area contributed by atoms with Gasteiger partial charge in [-0.05, 0) is 69.6 Å². The zero-order valence-electron chi connectivity index (χ0n) is 22.7. The lowest BCUT2D eigenvalue weighted by Gasteiger charge is -2.37. The summed E-state index contributed by atoms with van der Waals surface area (Å²) in [6.45, 7) is 4.19. The lowest BCUT2D eigenvalue weighted by molar-refractivity contribution is -0.120. The van der Waals surface area contributed by atoms with Crippen LogP contribution < -0.4 is 30.5 Å². The molecule has 9 nitrogen and oxygen atoms in total. The fourth-order valence-corrected chi connectivity index (χ4v) is 5.61. The van der Waals surface area contributed by atoms with E-state index in [1.54, 1.807) is 7.11 Å². The van der Waals surface area contributed by atoms with Crippen LogP contribution in [0.2, 0.25) is 0 Å². The van der Waals surface area contributed by atoms with Crippen LogP contribution in [0.1, 0.15) is 31.2 Å². The van der Waals surface area contributed by atoms with E-state index in [-0.39, 0.29) is 17.9 Å². The van der Waals surface area contributed by atoms with Gasteiger partial charge in [0, 0.05) is 43.3 Å². The van der Waals surface area contributed by atoms with Crippen molar-refractivity contribution in [2.24, 2.45) is 5.92 Å². The monoisotopic (exact) mass is 517 g/mol. The van der Waals surface area contributed by atoms with Crippen molar-refractivity contribution < 1.29 is 9.53 Å². The first-order chi connectivity index (χ1) is 18.5. The first-order valence-corrected chi connectivity index (χ1v) is 13.6. The van der Waals surface area contributed by atoms with Crippen LogP contribution in [-0.4, -0.2) is 69.3 Å². The summed E-state index contributed by atoms with van der Waals surface area (Å²) in [5.41, 5.74) is 3.04. The average Bonchev–Trinajstić information content (AvgIpc) is 2.96. The minimum atomic E-state index is -0.0704. The fourth-order valence-electron chi connectivity index (χ4n) is 5.61. The molecule has 0 saturated carbocycles. The average molecular weight is 518 g/mol. The van der Waals surface area contributed by atoms with Gasteiger partial charge in [-0.2, -0.15) is 4.98 Å². The van der Waals surface area contributed by atoms with Gasteiger partial charge < -0.3 is 25.2 Å². The van der Waals surface area contributed by atoms with Crippen LogP contribution in [0, 0.1) is 5.92 Å². The molecule has 3 N–H and O–H groups in total. The molecular formula is C29H39N7O2. The fraction of sp³-hybridized carbons (Fsp3) is 0.483. The van der Waals surface area contributed by atoms with Gasteiger partial charge in [0.1, 0.15) is 11.6 Å². The number of benzene rings is 2. The topological polar surface area (TPSA) is 94.7 Å². The Morgan fingerprint density at radius 3 is 2.58 bits per heavy atom. The van der Waals surface area contributed by atoms with Gasteiger partial charge >= 0.3 is 0 Å². The molecule has 2 saturated heterocycles. The molecule has 202 valence electrons. The Balaban J connectivity index is 1.58. The van der Waals surface area contributed by atoms with E-state index < -0.39 is 0 Å². The summed E-state index contributed by atoms with van der Waals surface area (Å²) in [6, 6.07) is 14.5. The van der Waals surface area contributed by atoms with Crippen LogP contribution >= 0.6 is 0 Å². The Morgan fingerprint density at radius 1 is 1.03 bits per heavy atom. The van der Waals surface area contributed by atoms with Crippen molar-refractivity contribution in [2.75, 3.05) is 62.5 Å². The third kappa shape index (κ3) is 5.68. The number of carbonyl (C=O) groups excluding carboxylic acids is 1. The molecule has 0 bridgehead atoms. The Morgan fingerprint density at radius 2 is 1.84 bits per heavy atom. The summed E-state index contributed by atoms with van der Waals surface area (Å²) >= 11 is 0. The Kier molecular flexibility index (Phi) is 8.24. The molecule has 9 heteroatoms. The minimum absolute atomic E-state index is 0.0218. The molecule has 1 unspecified atom stereocenters. The molecule has 0 radical (unpaired) electrons. The maximum Gasteiger partial charge on any atom is 0.231 e. The summed E-state index contributed by atoms with van der Waals surface area (Å²) in [6.07, 6.45) is 3.88. The predicted octanol–water partition coefficient (Wildman–Crippen LogP) is 3.40. The Hall–Kier alpha value is -3.43. The number of nitrogens with one attached hydrogen (secondary N) is 3. The maximum atomic E-state index is 13.1. The summed E-state index contributed by atoms with van der Waals surface area (Å²) in [5, 5.41) is 10.8. The molecular weight excluding hydrogens is 478 g/mol. The highest BCUT2D eigenvalue weighted by Crippen LogP contribution is 2.35. The predicted molar refractivity (Wildman–Crippen MR) is 153 cm³/mol. The third-order valence-corrected chi connectivity index (χ3v) is 7.65. The number of nitrogens with zero attached hydrogens (tertiary/aromatic N) is 4. The van der Waals surface area contributed by atoms with Crippen LogP contribution in [-0.2, 0) is 11.3 Å². The second-order valence-corrected chi connectivity index (χ2v) is 10.4. The van der Waals surface area contributed by atoms with Crippen LogP contribution in [0.15, 0.2) is 42.5 Å². The summed E-state index contributed by atoms with van der Waals surface area (Å²) in [4.78, 5) is 27.4. The van der Waals surface area contributed by atoms with E-state index in [0.717, 1.165) is 79.0 Å². The number of amides is 1. The molecule has 2 aliphatic heterocycles. The molecule has 0 aliphatic carbocycles. The molecule has 5 rings (SSSR count). The van der Waals surface area contributed by atoms with Crippen LogP contribution in [0.3, 0.4) is 0 Å². The number of hydrogen-bond acceptors (Lipinski definition) is 8. The number of carbonyl (C=O) groups is 1. The largest absolute Gasteiger partial charge is 0.496 e. The van der Waals surface area contributed by atoms with Crippen LogP contribution in [0.4, 0.5) is 17.5 Å². The SMILES string of the molecule is COc1cccc(N(C)C)c1CN(c1nc(NC(=O)C2CCCNC2)nc2ccccc12)C1CCNCC1. The molecule has 2 fully saturated rings. The van der Waals surface area contributed by atoms with Crippen molar-refractivity contribution in [3.63, 3.8) is 0 Å². The highest BCUT2D eigenvalue weighted by Gasteiger charge is 2.28. The molecule has 1 aromatic heterocycles. The van der Waals surface area contributed by atoms with Crippen molar-refractivity contribution in [1.29, 1.82) is 0 Å². The van der Waals surface area contributed by atoms with Gasteiger partial charge in [-0.15, -0.1) is 0 Å². The Labute approximate surface area is 225 Å². The van der Waals surface area contributed by atoms with E-state index >= 15 is 0 Å². The Bertz CT molecular complexity index is 1250. The highest BCUT2D eigenvalue weighted by molar-refractivity contribution is 5.95. The number of methoxy groups -OCH3 is 1. The standard InChI is InChI=1S/C29H39N7O2/c1-35(2)25-11-6-12-26(38-3)23(25)19-36(21-13-16-30-17-14-21)27-22-9-4-5-10-24(22)32-29(33-27)34-28(37)20-8-7-15-31-18-20/h4-6,9-12,20-21,30-31H,7-8,13-19H2,1-3H3,(H,32,33,34,37). The summed E-state index contributed by atoms with van der Waals surface area (Å²) in [5.74, 6) is 1.97. The van der Waals surface area contributed by atoms with Gasteiger partial charge in [-0.3, -0.25) is 10.1 Å². The van der Waals surface area contributed by atoms with Gasteiger partial charge in [0.15, 0.2) is 0 Å². The van der Waals surface area contributed by atoms with Crippen molar-refractivity contribution in [2.45, 2.75) is 38.3 Å². The number of piperidine rings is 2. The van der Waals surface area contributed by atoms with E-state index in [1.807, 2.05) is 30.3 Å². The van der Waals surface area contributed by atoms with E-state index in [9.17, 15) is 4.79 Å². The van der Waals surface area contributed by atoms with Gasteiger partial charge in [0.25, 0.3) is 0 Å². The van der Waals surface area contributed by atoms with Crippen molar-refractivity contribution in [3.8, 4) is 5.75 Å². The molecule has 3 aromatic rings.